The zero-order valence-corrected chi connectivity index (χ0v) is 99.3. The minimum atomic E-state index is -0.399. The molecule has 130 heavy (non-hydrogen) atoms. The van der Waals surface area contributed by atoms with Gasteiger partial charge in [0.1, 0.15) is 28.7 Å². The Morgan fingerprint density at radius 2 is 0.431 bits per heavy atom. The Labute approximate surface area is 938 Å². The summed E-state index contributed by atoms with van der Waals surface area (Å²) in [6, 6.07) is 136. The molecule has 8 nitrogen and oxygen atoms in total. The minimum Gasteiger partial charge on any atom is -0.457 e. The zero-order chi connectivity index (χ0) is 91.4. The van der Waals surface area contributed by atoms with E-state index in [0.29, 0.717) is 0 Å². The van der Waals surface area contributed by atoms with Crippen molar-refractivity contribution in [2.75, 3.05) is 6.79 Å². The average molecular weight is 3140 g/mol. The van der Waals surface area contributed by atoms with Crippen LogP contribution in [0.2, 0.25) is 0 Å². The van der Waals surface area contributed by atoms with E-state index in [1.807, 2.05) is 31.2 Å². The Kier molecular flexibility index (Phi) is 42.4. The second-order valence-electron chi connectivity index (χ2n) is 28.5. The molecule has 0 aliphatic heterocycles. The van der Waals surface area contributed by atoms with Crippen LogP contribution in [0.3, 0.4) is 0 Å². The van der Waals surface area contributed by atoms with Crippen LogP contribution in [0.5, 0.6) is 46.0 Å². The van der Waals surface area contributed by atoms with Gasteiger partial charge in [-0.05, 0) is 514 Å². The summed E-state index contributed by atoms with van der Waals surface area (Å²) < 4.78 is 62.7. The van der Waals surface area contributed by atoms with E-state index in [2.05, 4.69) is 656 Å². The first kappa shape index (κ1) is 103. The van der Waals surface area contributed by atoms with Gasteiger partial charge in [0, 0.05) is 33.5 Å². The van der Waals surface area contributed by atoms with Crippen molar-refractivity contribution >= 4 is 315 Å². The van der Waals surface area contributed by atoms with Crippen LogP contribution in [0.25, 0.3) is 0 Å². The summed E-state index contributed by atoms with van der Waals surface area (Å²) in [4.78, 5) is 15.4. The summed E-state index contributed by atoms with van der Waals surface area (Å²) in [7, 11) is -0.662. The summed E-state index contributed by atoms with van der Waals surface area (Å²) >= 11 is 27.8. The fourth-order valence-electron chi connectivity index (χ4n) is 12.9. The van der Waals surface area contributed by atoms with Crippen molar-refractivity contribution in [3.63, 3.8) is 0 Å². The zero-order valence-electron chi connectivity index (χ0n) is 70.1. The highest BCUT2D eigenvalue weighted by atomic mass is 127. The first-order valence-electron chi connectivity index (χ1n) is 40.7. The van der Waals surface area contributed by atoms with E-state index in [4.69, 9.17) is 37.9 Å². The van der Waals surface area contributed by atoms with Crippen LogP contribution < -0.4 is 37.9 Å². The van der Waals surface area contributed by atoms with Crippen molar-refractivity contribution < 1.29 is 37.9 Å². The molecule has 0 heterocycles. The molecule has 16 aromatic rings. The Hall–Kier alpha value is -3.92. The van der Waals surface area contributed by atoms with Crippen LogP contribution in [0, 0.1) is 48.8 Å². The lowest BCUT2D eigenvalue weighted by Crippen LogP contribution is -2.30. The molecule has 16 rings (SSSR count). The Balaban J connectivity index is 0.000000148. The van der Waals surface area contributed by atoms with E-state index in [1.165, 1.54) is 73.0 Å². The van der Waals surface area contributed by atoms with Gasteiger partial charge in [-0.3, -0.25) is 0 Å². The van der Waals surface area contributed by atoms with Gasteiger partial charge in [0.2, 0.25) is 25.7 Å². The third kappa shape index (κ3) is 30.5. The lowest BCUT2D eigenvalue weighted by molar-refractivity contribution is -0.0309. The quantitative estimate of drug-likeness (QED) is 0.0250. The lowest BCUT2D eigenvalue weighted by atomic mass is 10.2. The Bertz CT molecular complexity index is 5980. The van der Waals surface area contributed by atoms with Gasteiger partial charge >= 0.3 is 0 Å². The molecule has 0 amide bonds. The molecule has 0 bridgehead atoms. The molecular weight excluding hydrogens is 3050 g/mol. The molecule has 3 unspecified atom stereocenters. The molecule has 0 aromatic heterocycles. The van der Waals surface area contributed by atoms with E-state index in [0.717, 1.165) is 81.0 Å². The molecule has 3 atom stereocenters. The molecule has 24 heteroatoms. The predicted octanol–water partition coefficient (Wildman–Crippen LogP) is 34.2. The maximum Gasteiger partial charge on any atom is 0.243 e. The molecule has 660 valence electrons. The van der Waals surface area contributed by atoms with Crippen LogP contribution in [0.1, 0.15) is 34.1 Å². The SMILES string of the molecule is CC(C)C(Oc1ccc([S+](c2ccccc2)c2ccccc2)cc1)Oc1c(I)cc(I)cc1I.CC(Oc1ccc([S+](c2ccccc2)c2ccccc2)cc1)Oc1c(I)cc(I)cc1I.CCC(Oc1ccc([S+](c2ccccc2)c2ccccc2)cc1)Oc1c(I)cc(I)cc1I.Ic1cc(I)c(OCOc2ccc([S+](c3ccccc3)c3ccccc3)cc2)c(I)c1. The summed E-state index contributed by atoms with van der Waals surface area (Å²) in [5.41, 5.74) is 0. The van der Waals surface area contributed by atoms with Crippen LogP contribution in [0.4, 0.5) is 0 Å². The van der Waals surface area contributed by atoms with Crippen molar-refractivity contribution in [2.24, 2.45) is 5.92 Å². The van der Waals surface area contributed by atoms with Gasteiger partial charge in [0.15, 0.2) is 76.0 Å². The third-order valence-electron chi connectivity index (χ3n) is 18.8. The van der Waals surface area contributed by atoms with Crippen LogP contribution in [0.15, 0.2) is 447 Å². The van der Waals surface area contributed by atoms with Crippen molar-refractivity contribution in [1.29, 1.82) is 0 Å². The van der Waals surface area contributed by atoms with Gasteiger partial charge in [-0.1, -0.05) is 166 Å². The normalized spacial score (nSPS) is 11.7. The van der Waals surface area contributed by atoms with Crippen molar-refractivity contribution in [3.05, 3.63) is 431 Å². The largest absolute Gasteiger partial charge is 0.457 e. The molecule has 0 saturated heterocycles. The van der Waals surface area contributed by atoms with E-state index >= 15 is 0 Å². The number of hydrogen-bond donors (Lipinski definition) is 0. The maximum absolute atomic E-state index is 6.37. The van der Waals surface area contributed by atoms with Crippen LogP contribution in [-0.4, -0.2) is 25.7 Å². The highest BCUT2D eigenvalue weighted by Gasteiger charge is 2.34. The highest BCUT2D eigenvalue weighted by Crippen LogP contribution is 2.41. The van der Waals surface area contributed by atoms with E-state index in [-0.39, 0.29) is 68.9 Å². The van der Waals surface area contributed by atoms with Gasteiger partial charge in [-0.15, -0.1) is 0 Å². The van der Waals surface area contributed by atoms with Gasteiger partial charge in [-0.2, -0.15) is 0 Å². The topological polar surface area (TPSA) is 73.8 Å². The highest BCUT2D eigenvalue weighted by molar-refractivity contribution is 14.1. The number of halogens is 12. The average Bonchev–Trinajstić information content (AvgIpc) is 0.814. The lowest BCUT2D eigenvalue weighted by Gasteiger charge is -2.25. The second kappa shape index (κ2) is 53.3. The van der Waals surface area contributed by atoms with Gasteiger partial charge < -0.3 is 37.9 Å². The van der Waals surface area contributed by atoms with Crippen LogP contribution >= 0.6 is 271 Å². The predicted molar refractivity (Wildman–Crippen MR) is 636 cm³/mol. The Morgan fingerprint density at radius 3 is 0.685 bits per heavy atom. The molecular formula is C106H84I12O8S4+4. The monoisotopic (exact) mass is 3140 g/mol. The van der Waals surface area contributed by atoms with Crippen molar-refractivity contribution in [1.82, 2.24) is 0 Å². The van der Waals surface area contributed by atoms with E-state index in [1.54, 1.807) is 0 Å². The molecule has 0 radical (unpaired) electrons. The fourth-order valence-corrected chi connectivity index (χ4v) is 36.6. The summed E-state index contributed by atoms with van der Waals surface area (Å²) in [6.45, 7) is 8.42. The first-order chi connectivity index (χ1) is 63.1. The molecule has 16 aromatic carbocycles. The smallest absolute Gasteiger partial charge is 0.243 e. The van der Waals surface area contributed by atoms with E-state index in [9.17, 15) is 0 Å². The number of ether oxygens (including phenoxy) is 8. The van der Waals surface area contributed by atoms with Crippen molar-refractivity contribution in [2.45, 2.75) is 112 Å². The molecule has 0 fully saturated rings. The van der Waals surface area contributed by atoms with Gasteiger partial charge in [0.05, 0.1) is 72.1 Å². The fraction of sp³-hybridized carbons (Fsp3) is 0.0943. The number of hydrogen-bond acceptors (Lipinski definition) is 8. The molecule has 0 N–H and O–H groups in total. The summed E-state index contributed by atoms with van der Waals surface area (Å²) in [6.07, 6.45) is -0.378. The first-order valence-corrected chi connectivity index (χ1v) is 58.6. The summed E-state index contributed by atoms with van der Waals surface area (Å²) in [5.74, 6) is 6.90. The second-order valence-corrected chi connectivity index (χ2v) is 50.9. The van der Waals surface area contributed by atoms with E-state index < -0.39 is 6.29 Å². The summed E-state index contributed by atoms with van der Waals surface area (Å²) in [5, 5.41) is 0. The maximum atomic E-state index is 6.37. The molecule has 0 aliphatic rings. The standard InChI is InChI=1S/C28H24I3O2S.C27H22I3O2S.C26H20I3O2S.C25H18I3O2S/c1-19(2)28(33-27-25(30)17-20(29)18-26(27)31)32-21-13-15-24(16-14-21)34(22-9-5-3-6-10-22)23-11-7-4-8-12-23;1-2-26(32-27-24(29)17-19(28)18-25(27)30)31-20-13-15-23(16-14-20)33(21-9-5-3-6-10-21)22-11-7-4-8-12-22;1-18(31-26-24(28)16-19(27)17-25(26)29)30-20-12-14-23(15-13-20)32(21-8-4-2-5-9-21)22-10-6-3-7-11-22;26-18-15-23(27)25(24(28)16-18)30-17-29-19-11-13-22(14-12-19)31(20-7-3-1-4-8-20)21-9-5-2-6-10-21/h3-19,28H,1-2H3;3-18,26H,2H2,1H3;2-18H,1H3;1-16H,17H2/q4*+1. The number of benzene rings is 16. The van der Waals surface area contributed by atoms with Crippen molar-refractivity contribution in [3.8, 4) is 46.0 Å². The van der Waals surface area contributed by atoms with Gasteiger partial charge in [0.25, 0.3) is 0 Å². The Morgan fingerprint density at radius 1 is 0.215 bits per heavy atom. The minimum absolute atomic E-state index is 0.156. The molecule has 0 saturated carbocycles. The molecule has 0 spiro atoms. The third-order valence-corrected chi connectivity index (χ3v) is 36.6. The van der Waals surface area contributed by atoms with Gasteiger partial charge in [-0.25, -0.2) is 0 Å². The number of rotatable bonds is 30. The molecule has 0 aliphatic carbocycles. The van der Waals surface area contributed by atoms with Crippen LogP contribution in [-0.2, 0) is 43.6 Å².